The molecule has 0 aliphatic rings. The number of methoxy groups -OCH3 is 1. The minimum absolute atomic E-state index is 0. The SMILES string of the molecule is CCSc1ccc(C(=O)N(CCN(CC)CC)c2nc3c(OC)ccc(C)c3s2)cc1.Cl. The molecule has 32 heavy (non-hydrogen) atoms. The number of anilines is 1. The van der Waals surface area contributed by atoms with Gasteiger partial charge in [-0.25, -0.2) is 4.98 Å². The highest BCUT2D eigenvalue weighted by Crippen LogP contribution is 2.36. The lowest BCUT2D eigenvalue weighted by atomic mass is 10.2. The number of thiazole rings is 1. The number of ether oxygens (including phenoxy) is 1. The number of fused-ring (bicyclic) bond motifs is 1. The van der Waals surface area contributed by atoms with Crippen molar-refractivity contribution in [1.29, 1.82) is 0 Å². The molecule has 0 bridgehead atoms. The van der Waals surface area contributed by atoms with Crippen molar-refractivity contribution in [3.63, 3.8) is 0 Å². The van der Waals surface area contributed by atoms with Crippen LogP contribution in [0.15, 0.2) is 41.3 Å². The van der Waals surface area contributed by atoms with Crippen molar-refractivity contribution in [2.45, 2.75) is 32.6 Å². The number of likely N-dealkylation sites (N-methyl/N-ethyl adjacent to an activating group) is 1. The Kier molecular flexibility index (Phi) is 10.3. The van der Waals surface area contributed by atoms with E-state index < -0.39 is 0 Å². The van der Waals surface area contributed by atoms with E-state index in [1.807, 2.05) is 41.3 Å². The topological polar surface area (TPSA) is 45.7 Å². The molecule has 0 atom stereocenters. The number of thioether (sulfide) groups is 1. The van der Waals surface area contributed by atoms with E-state index >= 15 is 0 Å². The molecule has 8 heteroatoms. The lowest BCUT2D eigenvalue weighted by Gasteiger charge is -2.24. The lowest BCUT2D eigenvalue weighted by molar-refractivity contribution is 0.0983. The Morgan fingerprint density at radius 1 is 1.06 bits per heavy atom. The van der Waals surface area contributed by atoms with E-state index in [-0.39, 0.29) is 18.3 Å². The number of nitrogens with zero attached hydrogens (tertiary/aromatic N) is 3. The van der Waals surface area contributed by atoms with Gasteiger partial charge in [-0.05, 0) is 61.7 Å². The fraction of sp³-hybridized carbons (Fsp3) is 0.417. The van der Waals surface area contributed by atoms with Gasteiger partial charge in [0.15, 0.2) is 5.13 Å². The summed E-state index contributed by atoms with van der Waals surface area (Å²) in [7, 11) is 1.66. The highest BCUT2D eigenvalue weighted by Gasteiger charge is 2.23. The van der Waals surface area contributed by atoms with Crippen LogP contribution in [0.5, 0.6) is 5.75 Å². The molecular weight excluding hydrogens is 462 g/mol. The zero-order valence-corrected chi connectivity index (χ0v) is 21.8. The van der Waals surface area contributed by atoms with Crippen LogP contribution in [0.3, 0.4) is 0 Å². The van der Waals surface area contributed by atoms with Crippen LogP contribution in [0.1, 0.15) is 36.7 Å². The summed E-state index contributed by atoms with van der Waals surface area (Å²) in [6.45, 7) is 11.8. The van der Waals surface area contributed by atoms with Gasteiger partial charge in [0.1, 0.15) is 11.3 Å². The Morgan fingerprint density at radius 3 is 2.34 bits per heavy atom. The number of hydrogen-bond acceptors (Lipinski definition) is 6. The fourth-order valence-corrected chi connectivity index (χ4v) is 5.20. The molecular formula is C24H32ClN3O2S2. The quantitative estimate of drug-likeness (QED) is 0.317. The zero-order chi connectivity index (χ0) is 22.4. The van der Waals surface area contributed by atoms with Gasteiger partial charge in [-0.2, -0.15) is 0 Å². The van der Waals surface area contributed by atoms with Crippen LogP contribution < -0.4 is 9.64 Å². The summed E-state index contributed by atoms with van der Waals surface area (Å²) in [4.78, 5) is 23.7. The summed E-state index contributed by atoms with van der Waals surface area (Å²) in [5.41, 5.74) is 2.64. The minimum Gasteiger partial charge on any atom is -0.494 e. The molecule has 3 aromatic rings. The Bertz CT molecular complexity index is 1020. The second-order valence-electron chi connectivity index (χ2n) is 7.20. The third kappa shape index (κ3) is 5.95. The standard InChI is InChI=1S/C24H31N3O2S2.ClH/c1-6-26(7-2)15-16-27(23(28)18-10-12-19(13-11-18)30-8-3)24-25-21-20(29-5)14-9-17(4)22(21)31-24;/h9-14H,6-8,15-16H2,1-5H3;1H. The number of aryl methyl sites for hydroxylation is 1. The largest absolute Gasteiger partial charge is 0.494 e. The maximum atomic E-state index is 13.6. The molecule has 0 N–H and O–H groups in total. The Labute approximate surface area is 205 Å². The summed E-state index contributed by atoms with van der Waals surface area (Å²) in [5, 5.41) is 0.715. The number of aromatic nitrogens is 1. The average Bonchev–Trinajstić information content (AvgIpc) is 3.23. The molecule has 3 rings (SSSR count). The van der Waals surface area contributed by atoms with Crippen LogP contribution >= 0.6 is 35.5 Å². The van der Waals surface area contributed by atoms with Crippen LogP contribution in [-0.2, 0) is 0 Å². The first-order chi connectivity index (χ1) is 15.0. The Morgan fingerprint density at radius 2 is 1.75 bits per heavy atom. The summed E-state index contributed by atoms with van der Waals surface area (Å²) in [6.07, 6.45) is 0. The molecule has 0 radical (unpaired) electrons. The van der Waals surface area contributed by atoms with Crippen LogP contribution in [-0.4, -0.2) is 54.8 Å². The summed E-state index contributed by atoms with van der Waals surface area (Å²) in [5.74, 6) is 1.73. The molecule has 1 aromatic heterocycles. The molecule has 1 heterocycles. The smallest absolute Gasteiger partial charge is 0.260 e. The molecule has 0 aliphatic heterocycles. The van der Waals surface area contributed by atoms with E-state index in [1.165, 1.54) is 4.90 Å². The Hall–Kier alpha value is -1.80. The number of carbonyl (C=O) groups is 1. The fourth-order valence-electron chi connectivity index (χ4n) is 3.46. The second kappa shape index (κ2) is 12.4. The molecule has 0 saturated carbocycles. The van der Waals surface area contributed by atoms with Crippen molar-refractivity contribution < 1.29 is 9.53 Å². The molecule has 174 valence electrons. The van der Waals surface area contributed by atoms with Crippen molar-refractivity contribution in [2.24, 2.45) is 0 Å². The number of rotatable bonds is 10. The first-order valence-corrected chi connectivity index (χ1v) is 12.5. The van der Waals surface area contributed by atoms with E-state index in [1.54, 1.807) is 30.2 Å². The Balaban J connectivity index is 0.00000363. The van der Waals surface area contributed by atoms with Crippen molar-refractivity contribution in [3.05, 3.63) is 47.5 Å². The molecule has 0 unspecified atom stereocenters. The number of amides is 1. The number of carbonyl (C=O) groups excluding carboxylic acids is 1. The highest BCUT2D eigenvalue weighted by atomic mass is 35.5. The van der Waals surface area contributed by atoms with Gasteiger partial charge in [0.05, 0.1) is 11.8 Å². The lowest BCUT2D eigenvalue weighted by Crippen LogP contribution is -2.38. The highest BCUT2D eigenvalue weighted by molar-refractivity contribution is 7.99. The van der Waals surface area contributed by atoms with Crippen LogP contribution in [0.25, 0.3) is 10.2 Å². The van der Waals surface area contributed by atoms with Gasteiger partial charge in [0, 0.05) is 23.5 Å². The predicted octanol–water partition coefficient (Wildman–Crippen LogP) is 6.14. The van der Waals surface area contributed by atoms with Gasteiger partial charge in [-0.15, -0.1) is 24.2 Å². The molecule has 0 aliphatic carbocycles. The van der Waals surface area contributed by atoms with Crippen molar-refractivity contribution >= 4 is 56.8 Å². The first-order valence-electron chi connectivity index (χ1n) is 10.7. The molecule has 2 aromatic carbocycles. The molecule has 0 saturated heterocycles. The molecule has 0 fully saturated rings. The monoisotopic (exact) mass is 493 g/mol. The van der Waals surface area contributed by atoms with Crippen LogP contribution in [0.4, 0.5) is 5.13 Å². The average molecular weight is 494 g/mol. The molecule has 0 spiro atoms. The van der Waals surface area contributed by atoms with Crippen molar-refractivity contribution in [2.75, 3.05) is 43.9 Å². The summed E-state index contributed by atoms with van der Waals surface area (Å²) in [6, 6.07) is 11.9. The number of halogens is 1. The van der Waals surface area contributed by atoms with E-state index in [9.17, 15) is 4.79 Å². The van der Waals surface area contributed by atoms with Gasteiger partial charge in [-0.1, -0.05) is 38.2 Å². The third-order valence-corrected chi connectivity index (χ3v) is 7.44. The van der Waals surface area contributed by atoms with Crippen molar-refractivity contribution in [3.8, 4) is 5.75 Å². The maximum absolute atomic E-state index is 13.6. The van der Waals surface area contributed by atoms with Gasteiger partial charge in [-0.3, -0.25) is 9.69 Å². The van der Waals surface area contributed by atoms with Gasteiger partial charge in [0.25, 0.3) is 5.91 Å². The van der Waals surface area contributed by atoms with E-state index in [0.29, 0.717) is 17.2 Å². The maximum Gasteiger partial charge on any atom is 0.260 e. The number of hydrogen-bond donors (Lipinski definition) is 0. The van der Waals surface area contributed by atoms with Crippen LogP contribution in [0.2, 0.25) is 0 Å². The number of benzene rings is 2. The van der Waals surface area contributed by atoms with E-state index in [2.05, 4.69) is 32.6 Å². The predicted molar refractivity (Wildman–Crippen MR) is 140 cm³/mol. The van der Waals surface area contributed by atoms with E-state index in [4.69, 9.17) is 9.72 Å². The summed E-state index contributed by atoms with van der Waals surface area (Å²) >= 11 is 3.33. The second-order valence-corrected chi connectivity index (χ2v) is 9.51. The molecule has 1 amide bonds. The van der Waals surface area contributed by atoms with Crippen LogP contribution in [0, 0.1) is 6.92 Å². The molecule has 5 nitrogen and oxygen atoms in total. The van der Waals surface area contributed by atoms with Gasteiger partial charge < -0.3 is 9.64 Å². The minimum atomic E-state index is -0.0177. The third-order valence-electron chi connectivity index (χ3n) is 5.33. The summed E-state index contributed by atoms with van der Waals surface area (Å²) < 4.78 is 6.58. The van der Waals surface area contributed by atoms with Gasteiger partial charge in [0.2, 0.25) is 0 Å². The first kappa shape index (κ1) is 26.5. The van der Waals surface area contributed by atoms with Gasteiger partial charge >= 0.3 is 0 Å². The van der Waals surface area contributed by atoms with E-state index in [0.717, 1.165) is 46.9 Å². The normalized spacial score (nSPS) is 10.9. The zero-order valence-electron chi connectivity index (χ0n) is 19.4. The van der Waals surface area contributed by atoms with Crippen molar-refractivity contribution in [1.82, 2.24) is 9.88 Å².